The largest absolute Gasteiger partial charge is 0.462 e. The zero-order valence-electron chi connectivity index (χ0n) is 16.4. The molecule has 30 heavy (non-hydrogen) atoms. The number of carbonyl (C=O) groups is 2. The number of hydrogen-bond donors (Lipinski definition) is 2. The average Bonchev–Trinajstić information content (AvgIpc) is 3.19. The molecule has 0 radical (unpaired) electrons. The van der Waals surface area contributed by atoms with Crippen molar-refractivity contribution in [2.24, 2.45) is 0 Å². The van der Waals surface area contributed by atoms with Crippen molar-refractivity contribution in [1.29, 1.82) is 0 Å². The Hall–Kier alpha value is -2.66. The van der Waals surface area contributed by atoms with Gasteiger partial charge in [0.05, 0.1) is 17.9 Å². The fourth-order valence-corrected chi connectivity index (χ4v) is 5.44. The highest BCUT2D eigenvalue weighted by Gasteiger charge is 2.26. The van der Waals surface area contributed by atoms with Crippen molar-refractivity contribution in [2.45, 2.75) is 44.2 Å². The molecule has 0 fully saturated rings. The Bertz CT molecular complexity index is 1150. The van der Waals surface area contributed by atoms with Crippen LogP contribution in [0.2, 0.25) is 0 Å². The van der Waals surface area contributed by atoms with Gasteiger partial charge in [-0.1, -0.05) is 18.2 Å². The van der Waals surface area contributed by atoms with E-state index in [4.69, 9.17) is 4.74 Å². The Kier molecular flexibility index (Phi) is 6.18. The lowest BCUT2D eigenvalue weighted by Crippen LogP contribution is -2.17. The van der Waals surface area contributed by atoms with Gasteiger partial charge in [-0.05, 0) is 38.2 Å². The molecule has 1 aliphatic carbocycles. The van der Waals surface area contributed by atoms with E-state index in [0.29, 0.717) is 21.5 Å². The second-order valence-electron chi connectivity index (χ2n) is 6.81. The van der Waals surface area contributed by atoms with Gasteiger partial charge in [-0.3, -0.25) is 19.0 Å². The molecule has 1 aliphatic rings. The molecule has 0 saturated heterocycles. The van der Waals surface area contributed by atoms with Crippen molar-refractivity contribution in [3.63, 3.8) is 0 Å². The normalized spacial score (nSPS) is 13.6. The van der Waals surface area contributed by atoms with E-state index in [-0.39, 0.29) is 29.8 Å². The molecule has 3 aromatic rings. The minimum atomic E-state index is -0.382. The van der Waals surface area contributed by atoms with E-state index in [2.05, 4.69) is 20.5 Å². The number of fused-ring (bicyclic) bond motifs is 2. The predicted molar refractivity (Wildman–Crippen MR) is 114 cm³/mol. The Morgan fingerprint density at radius 3 is 2.97 bits per heavy atom. The first-order chi connectivity index (χ1) is 14.6. The number of aromatic nitrogens is 4. The molecule has 0 bridgehead atoms. The third-order valence-electron chi connectivity index (χ3n) is 4.76. The summed E-state index contributed by atoms with van der Waals surface area (Å²) < 4.78 is 6.86. The van der Waals surface area contributed by atoms with E-state index in [1.807, 2.05) is 0 Å². The summed E-state index contributed by atoms with van der Waals surface area (Å²) in [5.74, 6) is -0.225. The standard InChI is InChI=1S/C19H21N5O4S2/c1-2-28-17(27)15-11-6-4-3-5-7-12(11)30-16(15)20-14(26)10-29-19-23-22-18-21-13(25)8-9-24(18)19/h8-9H,2-7,10H2,1H3,(H,20,26)(H,21,22,25). The first-order valence-electron chi connectivity index (χ1n) is 9.75. The van der Waals surface area contributed by atoms with Crippen LogP contribution in [-0.2, 0) is 22.4 Å². The number of aromatic amines is 1. The quantitative estimate of drug-likeness (QED) is 0.339. The molecule has 4 rings (SSSR count). The zero-order valence-corrected chi connectivity index (χ0v) is 18.0. The minimum absolute atomic E-state index is 0.0880. The van der Waals surface area contributed by atoms with Crippen LogP contribution >= 0.6 is 23.1 Å². The molecule has 0 atom stereocenters. The molecule has 0 unspecified atom stereocenters. The van der Waals surface area contributed by atoms with Crippen LogP contribution in [0.25, 0.3) is 5.78 Å². The lowest BCUT2D eigenvalue weighted by Gasteiger charge is -2.08. The lowest BCUT2D eigenvalue weighted by molar-refractivity contribution is -0.113. The van der Waals surface area contributed by atoms with Crippen LogP contribution in [0.5, 0.6) is 0 Å². The van der Waals surface area contributed by atoms with Gasteiger partial charge in [0.2, 0.25) is 11.7 Å². The molecule has 158 valence electrons. The Labute approximate surface area is 180 Å². The molecule has 0 spiro atoms. The molecular formula is C19H21N5O4S2. The van der Waals surface area contributed by atoms with E-state index in [1.54, 1.807) is 17.5 Å². The fourth-order valence-electron chi connectivity index (χ4n) is 3.43. The van der Waals surface area contributed by atoms with E-state index < -0.39 is 0 Å². The fraction of sp³-hybridized carbons (Fsp3) is 0.421. The molecular weight excluding hydrogens is 426 g/mol. The predicted octanol–water partition coefficient (Wildman–Crippen LogP) is 2.66. The van der Waals surface area contributed by atoms with Crippen molar-refractivity contribution >= 4 is 45.8 Å². The maximum Gasteiger partial charge on any atom is 0.341 e. The summed E-state index contributed by atoms with van der Waals surface area (Å²) in [5, 5.41) is 11.8. The molecule has 3 aromatic heterocycles. The smallest absolute Gasteiger partial charge is 0.341 e. The van der Waals surface area contributed by atoms with Crippen LogP contribution in [-0.4, -0.2) is 43.8 Å². The first-order valence-corrected chi connectivity index (χ1v) is 11.6. The molecule has 1 amide bonds. The highest BCUT2D eigenvalue weighted by atomic mass is 32.2. The summed E-state index contributed by atoms with van der Waals surface area (Å²) in [6.45, 7) is 2.06. The number of rotatable bonds is 6. The van der Waals surface area contributed by atoms with Gasteiger partial charge < -0.3 is 10.1 Å². The number of amides is 1. The SMILES string of the molecule is CCOC(=O)c1c(NC(=O)CSc2nnc3[nH]c(=O)ccn23)sc2c1CCCCC2. The number of thiophene rings is 1. The summed E-state index contributed by atoms with van der Waals surface area (Å²) >= 11 is 2.67. The van der Waals surface area contributed by atoms with Gasteiger partial charge in [0.15, 0.2) is 5.16 Å². The zero-order chi connectivity index (χ0) is 21.1. The number of carbonyl (C=O) groups excluding carboxylic acids is 2. The third-order valence-corrected chi connectivity index (χ3v) is 6.91. The van der Waals surface area contributed by atoms with E-state index in [0.717, 1.165) is 42.5 Å². The minimum Gasteiger partial charge on any atom is -0.462 e. The van der Waals surface area contributed by atoms with Gasteiger partial charge in [0.1, 0.15) is 5.00 Å². The van der Waals surface area contributed by atoms with Crippen molar-refractivity contribution in [2.75, 3.05) is 17.7 Å². The number of hydrogen-bond acceptors (Lipinski definition) is 8. The number of ether oxygens (including phenoxy) is 1. The molecule has 9 nitrogen and oxygen atoms in total. The number of anilines is 1. The Morgan fingerprint density at radius 2 is 2.13 bits per heavy atom. The molecule has 3 heterocycles. The van der Waals surface area contributed by atoms with Gasteiger partial charge in [-0.2, -0.15) is 0 Å². The van der Waals surface area contributed by atoms with E-state index >= 15 is 0 Å². The summed E-state index contributed by atoms with van der Waals surface area (Å²) in [7, 11) is 0. The summed E-state index contributed by atoms with van der Waals surface area (Å²) in [4.78, 5) is 40.3. The van der Waals surface area contributed by atoms with Crippen molar-refractivity contribution in [1.82, 2.24) is 19.6 Å². The Balaban J connectivity index is 1.51. The van der Waals surface area contributed by atoms with Crippen LogP contribution in [0.15, 0.2) is 22.2 Å². The molecule has 0 aliphatic heterocycles. The number of nitrogens with zero attached hydrogens (tertiary/aromatic N) is 3. The molecule has 0 aromatic carbocycles. The Morgan fingerprint density at radius 1 is 1.30 bits per heavy atom. The second-order valence-corrected chi connectivity index (χ2v) is 8.85. The topological polar surface area (TPSA) is 118 Å². The highest BCUT2D eigenvalue weighted by molar-refractivity contribution is 7.99. The van der Waals surface area contributed by atoms with E-state index in [1.165, 1.54) is 29.2 Å². The van der Waals surface area contributed by atoms with Crippen LogP contribution < -0.4 is 10.9 Å². The molecule has 2 N–H and O–H groups in total. The van der Waals surface area contributed by atoms with Crippen LogP contribution in [0.3, 0.4) is 0 Å². The van der Waals surface area contributed by atoms with E-state index in [9.17, 15) is 14.4 Å². The van der Waals surface area contributed by atoms with Crippen LogP contribution in [0.4, 0.5) is 5.00 Å². The van der Waals surface area contributed by atoms with Gasteiger partial charge in [0.25, 0.3) is 5.56 Å². The number of aryl methyl sites for hydroxylation is 1. The maximum absolute atomic E-state index is 12.6. The second kappa shape index (κ2) is 9.00. The van der Waals surface area contributed by atoms with Crippen LogP contribution in [0, 0.1) is 0 Å². The van der Waals surface area contributed by atoms with Gasteiger partial charge in [-0.25, -0.2) is 4.79 Å². The van der Waals surface area contributed by atoms with Crippen LogP contribution in [0.1, 0.15) is 47.0 Å². The highest BCUT2D eigenvalue weighted by Crippen LogP contribution is 2.38. The van der Waals surface area contributed by atoms with Gasteiger partial charge in [0, 0.05) is 17.1 Å². The number of esters is 1. The lowest BCUT2D eigenvalue weighted by atomic mass is 10.1. The summed E-state index contributed by atoms with van der Waals surface area (Å²) in [6, 6.07) is 1.37. The van der Waals surface area contributed by atoms with Crippen molar-refractivity contribution in [3.05, 3.63) is 38.6 Å². The number of nitrogens with one attached hydrogen (secondary N) is 2. The van der Waals surface area contributed by atoms with Crippen molar-refractivity contribution in [3.8, 4) is 0 Å². The summed E-state index contributed by atoms with van der Waals surface area (Å²) in [5.41, 5.74) is 1.25. The maximum atomic E-state index is 12.6. The number of H-pyrrole nitrogens is 1. The number of thioether (sulfide) groups is 1. The average molecular weight is 448 g/mol. The summed E-state index contributed by atoms with van der Waals surface area (Å²) in [6.07, 6.45) is 6.56. The van der Waals surface area contributed by atoms with Gasteiger partial charge in [-0.15, -0.1) is 21.5 Å². The molecule has 11 heteroatoms. The van der Waals surface area contributed by atoms with Gasteiger partial charge >= 0.3 is 5.97 Å². The molecule has 0 saturated carbocycles. The first kappa shape index (κ1) is 20.6. The third kappa shape index (κ3) is 4.26. The van der Waals surface area contributed by atoms with Crippen molar-refractivity contribution < 1.29 is 14.3 Å². The monoisotopic (exact) mass is 447 g/mol.